The van der Waals surface area contributed by atoms with Gasteiger partial charge in [0.15, 0.2) is 5.82 Å². The summed E-state index contributed by atoms with van der Waals surface area (Å²) < 4.78 is 5.47. The molecular weight excluding hydrogens is 284 g/mol. The largest absolute Gasteiger partial charge is 0.494 e. The van der Waals surface area contributed by atoms with E-state index < -0.39 is 0 Å². The van der Waals surface area contributed by atoms with Crippen LogP contribution < -0.4 is 4.74 Å². The predicted octanol–water partition coefficient (Wildman–Crippen LogP) is 5.23. The van der Waals surface area contributed by atoms with Gasteiger partial charge in [0.2, 0.25) is 0 Å². The summed E-state index contributed by atoms with van der Waals surface area (Å²) >= 11 is 0. The number of rotatable bonds is 5. The Morgan fingerprint density at radius 1 is 0.957 bits per heavy atom. The van der Waals surface area contributed by atoms with Crippen LogP contribution in [-0.2, 0) is 0 Å². The molecule has 1 aromatic heterocycles. The lowest BCUT2D eigenvalue weighted by atomic mass is 9.78. The summed E-state index contributed by atoms with van der Waals surface area (Å²) in [5.74, 6) is 3.25. The molecule has 3 heteroatoms. The van der Waals surface area contributed by atoms with Crippen LogP contribution >= 0.6 is 0 Å². The molecule has 2 aromatic rings. The zero-order valence-electron chi connectivity index (χ0n) is 14.2. The van der Waals surface area contributed by atoms with Crippen molar-refractivity contribution >= 4 is 0 Å². The minimum absolute atomic E-state index is 0.646. The first-order valence-electron chi connectivity index (χ1n) is 8.85. The van der Waals surface area contributed by atoms with Gasteiger partial charge in [-0.3, -0.25) is 0 Å². The van der Waals surface area contributed by atoms with Gasteiger partial charge in [-0.25, -0.2) is 9.97 Å². The van der Waals surface area contributed by atoms with Crippen molar-refractivity contribution in [2.45, 2.75) is 51.9 Å². The molecular formula is C20H26N2O. The van der Waals surface area contributed by atoms with Crippen molar-refractivity contribution in [2.24, 2.45) is 5.92 Å². The number of aromatic nitrogens is 2. The summed E-state index contributed by atoms with van der Waals surface area (Å²) in [5.41, 5.74) is 2.34. The highest BCUT2D eigenvalue weighted by atomic mass is 16.5. The summed E-state index contributed by atoms with van der Waals surface area (Å²) in [7, 11) is 0. The molecule has 0 N–H and O–H groups in total. The Labute approximate surface area is 139 Å². The number of nitrogens with zero attached hydrogens (tertiary/aromatic N) is 2. The van der Waals surface area contributed by atoms with Crippen molar-refractivity contribution in [2.75, 3.05) is 6.61 Å². The molecule has 0 bridgehead atoms. The highest BCUT2D eigenvalue weighted by molar-refractivity contribution is 5.55. The predicted molar refractivity (Wildman–Crippen MR) is 93.6 cm³/mol. The fourth-order valence-corrected chi connectivity index (χ4v) is 3.47. The van der Waals surface area contributed by atoms with Crippen molar-refractivity contribution in [1.82, 2.24) is 9.97 Å². The van der Waals surface area contributed by atoms with Gasteiger partial charge in [0, 0.05) is 18.0 Å². The molecule has 0 saturated heterocycles. The molecule has 0 unspecified atom stereocenters. The van der Waals surface area contributed by atoms with Gasteiger partial charge >= 0.3 is 0 Å². The van der Waals surface area contributed by atoms with E-state index in [0.29, 0.717) is 12.5 Å². The van der Waals surface area contributed by atoms with E-state index >= 15 is 0 Å². The van der Waals surface area contributed by atoms with Crippen molar-refractivity contribution in [3.8, 4) is 17.1 Å². The van der Waals surface area contributed by atoms with Gasteiger partial charge in [-0.1, -0.05) is 13.3 Å². The molecule has 0 radical (unpaired) electrons. The Kier molecular flexibility index (Phi) is 5.27. The van der Waals surface area contributed by atoms with E-state index in [0.717, 1.165) is 23.1 Å². The first-order valence-corrected chi connectivity index (χ1v) is 8.85. The molecule has 1 aromatic carbocycles. The van der Waals surface area contributed by atoms with Gasteiger partial charge in [0.05, 0.1) is 6.61 Å². The van der Waals surface area contributed by atoms with Gasteiger partial charge in [-0.2, -0.15) is 0 Å². The second-order valence-corrected chi connectivity index (χ2v) is 6.42. The van der Waals surface area contributed by atoms with Crippen LogP contribution in [0, 0.1) is 5.92 Å². The summed E-state index contributed by atoms with van der Waals surface area (Å²) in [4.78, 5) is 9.17. The van der Waals surface area contributed by atoms with Crippen LogP contribution in [0.15, 0.2) is 36.7 Å². The van der Waals surface area contributed by atoms with Crippen LogP contribution in [0.25, 0.3) is 11.4 Å². The summed E-state index contributed by atoms with van der Waals surface area (Å²) in [6.45, 7) is 4.98. The minimum atomic E-state index is 0.646. The molecule has 0 aliphatic heterocycles. The summed E-state index contributed by atoms with van der Waals surface area (Å²) in [6, 6.07) is 7.99. The van der Waals surface area contributed by atoms with Gasteiger partial charge in [0.1, 0.15) is 5.75 Å². The van der Waals surface area contributed by atoms with Gasteiger partial charge in [-0.05, 0) is 74.3 Å². The molecule has 3 nitrogen and oxygen atoms in total. The van der Waals surface area contributed by atoms with E-state index in [9.17, 15) is 0 Å². The highest BCUT2D eigenvalue weighted by Gasteiger charge is 2.21. The molecule has 3 rings (SSSR count). The maximum absolute atomic E-state index is 5.47. The van der Waals surface area contributed by atoms with Crippen LogP contribution in [0.5, 0.6) is 5.75 Å². The average Bonchev–Trinajstić information content (AvgIpc) is 2.63. The zero-order valence-corrected chi connectivity index (χ0v) is 14.2. The number of benzene rings is 1. The summed E-state index contributed by atoms with van der Waals surface area (Å²) in [6.07, 6.45) is 10.6. The zero-order chi connectivity index (χ0) is 16.1. The van der Waals surface area contributed by atoms with Crippen LogP contribution in [0.4, 0.5) is 0 Å². The fourth-order valence-electron chi connectivity index (χ4n) is 3.47. The Hall–Kier alpha value is -1.90. The van der Waals surface area contributed by atoms with Crippen LogP contribution in [0.3, 0.4) is 0 Å². The molecule has 1 aliphatic rings. The van der Waals surface area contributed by atoms with Crippen molar-refractivity contribution in [3.63, 3.8) is 0 Å². The van der Waals surface area contributed by atoms with E-state index in [-0.39, 0.29) is 0 Å². The Balaban J connectivity index is 1.67. The third-order valence-electron chi connectivity index (χ3n) is 4.99. The Morgan fingerprint density at radius 2 is 1.61 bits per heavy atom. The first-order chi connectivity index (χ1) is 11.3. The monoisotopic (exact) mass is 310 g/mol. The molecule has 0 amide bonds. The number of hydrogen-bond donors (Lipinski definition) is 0. The topological polar surface area (TPSA) is 35.0 Å². The normalized spacial score (nSPS) is 21.1. The van der Waals surface area contributed by atoms with Crippen LogP contribution in [-0.4, -0.2) is 16.6 Å². The molecule has 0 atom stereocenters. The van der Waals surface area contributed by atoms with E-state index in [1.165, 1.54) is 37.7 Å². The third kappa shape index (κ3) is 3.90. The lowest BCUT2D eigenvalue weighted by molar-refractivity contribution is 0.318. The van der Waals surface area contributed by atoms with Crippen LogP contribution in [0.2, 0.25) is 0 Å². The van der Waals surface area contributed by atoms with Gasteiger partial charge < -0.3 is 4.74 Å². The minimum Gasteiger partial charge on any atom is -0.494 e. The molecule has 1 aliphatic carbocycles. The van der Waals surface area contributed by atoms with E-state index in [1.807, 2.05) is 43.6 Å². The highest BCUT2D eigenvalue weighted by Crippen LogP contribution is 2.36. The quantitative estimate of drug-likeness (QED) is 0.759. The molecule has 1 saturated carbocycles. The smallest absolute Gasteiger partial charge is 0.159 e. The lowest BCUT2D eigenvalue weighted by Gasteiger charge is -2.27. The summed E-state index contributed by atoms with van der Waals surface area (Å²) in [5, 5.41) is 0. The van der Waals surface area contributed by atoms with E-state index in [1.54, 1.807) is 0 Å². The second-order valence-electron chi connectivity index (χ2n) is 6.42. The first kappa shape index (κ1) is 16.0. The maximum atomic E-state index is 5.47. The van der Waals surface area contributed by atoms with E-state index in [4.69, 9.17) is 4.74 Å². The van der Waals surface area contributed by atoms with E-state index in [2.05, 4.69) is 16.9 Å². The van der Waals surface area contributed by atoms with Gasteiger partial charge in [0.25, 0.3) is 0 Å². The van der Waals surface area contributed by atoms with Gasteiger partial charge in [-0.15, -0.1) is 0 Å². The number of ether oxygens (including phenoxy) is 1. The van der Waals surface area contributed by atoms with Crippen LogP contribution in [0.1, 0.15) is 57.4 Å². The van der Waals surface area contributed by atoms with Crippen molar-refractivity contribution in [1.29, 1.82) is 0 Å². The molecule has 122 valence electrons. The second kappa shape index (κ2) is 7.58. The maximum Gasteiger partial charge on any atom is 0.159 e. The molecule has 0 spiro atoms. The average molecular weight is 310 g/mol. The van der Waals surface area contributed by atoms with Crippen molar-refractivity contribution < 1.29 is 4.74 Å². The Bertz CT molecular complexity index is 599. The molecule has 1 heterocycles. The number of hydrogen-bond acceptors (Lipinski definition) is 3. The van der Waals surface area contributed by atoms with Crippen molar-refractivity contribution in [3.05, 3.63) is 42.2 Å². The third-order valence-corrected chi connectivity index (χ3v) is 4.99. The standard InChI is InChI=1S/C20H26N2O/c1-3-15-5-7-16(8-6-15)18-13-21-20(22-14-18)17-9-11-19(12-10-17)23-4-2/h9-16H,3-8H2,1-2H3/t15-,16-. The fraction of sp³-hybridized carbons (Fsp3) is 0.500. The lowest BCUT2D eigenvalue weighted by Crippen LogP contribution is -2.13. The SMILES string of the molecule is CCOc1ccc(-c2ncc([C@H]3CC[C@H](CC)CC3)cn2)cc1. The molecule has 1 fully saturated rings. The molecule has 23 heavy (non-hydrogen) atoms. The Morgan fingerprint density at radius 3 is 2.17 bits per heavy atom.